The van der Waals surface area contributed by atoms with E-state index < -0.39 is 5.97 Å². The number of nitrogens with zero attached hydrogens (tertiary/aromatic N) is 2. The Labute approximate surface area is 132 Å². The molecule has 6 heteroatoms. The van der Waals surface area contributed by atoms with E-state index in [1.165, 1.54) is 6.92 Å². The Kier molecular flexibility index (Phi) is 4.05. The Morgan fingerprint density at radius 1 is 1.13 bits per heavy atom. The summed E-state index contributed by atoms with van der Waals surface area (Å²) in [6.45, 7) is 1.34. The molecule has 0 bridgehead atoms. The standard InChI is InChI=1S/C17H14N2O4/c1-11(20)22-15-9-4-3-8-14(15)17-18-16(19-23-17)12-6-5-7-13(10-12)21-2/h3-10H,1-2H3. The van der Waals surface area contributed by atoms with Gasteiger partial charge >= 0.3 is 5.97 Å². The number of hydrogen-bond acceptors (Lipinski definition) is 6. The average molecular weight is 310 g/mol. The van der Waals surface area contributed by atoms with E-state index in [2.05, 4.69) is 10.1 Å². The average Bonchev–Trinajstić information content (AvgIpc) is 3.05. The highest BCUT2D eigenvalue weighted by atomic mass is 16.5. The zero-order valence-electron chi connectivity index (χ0n) is 12.6. The minimum Gasteiger partial charge on any atom is -0.497 e. The highest BCUT2D eigenvalue weighted by Gasteiger charge is 2.16. The summed E-state index contributed by atoms with van der Waals surface area (Å²) in [4.78, 5) is 15.6. The van der Waals surface area contributed by atoms with Crippen molar-refractivity contribution in [1.82, 2.24) is 10.1 Å². The lowest BCUT2D eigenvalue weighted by Gasteiger charge is -2.04. The number of carbonyl (C=O) groups excluding carboxylic acids is 1. The maximum Gasteiger partial charge on any atom is 0.308 e. The molecule has 1 heterocycles. The van der Waals surface area contributed by atoms with Crippen LogP contribution in [0.1, 0.15) is 6.92 Å². The Morgan fingerprint density at radius 3 is 2.74 bits per heavy atom. The number of para-hydroxylation sites is 1. The fraction of sp³-hybridized carbons (Fsp3) is 0.118. The largest absolute Gasteiger partial charge is 0.497 e. The summed E-state index contributed by atoms with van der Waals surface area (Å²) in [5.41, 5.74) is 1.33. The lowest BCUT2D eigenvalue weighted by molar-refractivity contribution is -0.131. The third-order valence-electron chi connectivity index (χ3n) is 3.13. The van der Waals surface area contributed by atoms with Crippen molar-refractivity contribution in [3.05, 3.63) is 48.5 Å². The molecule has 0 fully saturated rings. The molecular formula is C17H14N2O4. The van der Waals surface area contributed by atoms with Gasteiger partial charge in [0.05, 0.1) is 12.7 Å². The second-order valence-electron chi connectivity index (χ2n) is 4.74. The van der Waals surface area contributed by atoms with E-state index in [1.807, 2.05) is 24.3 Å². The van der Waals surface area contributed by atoms with Crippen LogP contribution < -0.4 is 9.47 Å². The Balaban J connectivity index is 1.97. The van der Waals surface area contributed by atoms with E-state index in [1.54, 1.807) is 31.4 Å². The molecule has 0 N–H and O–H groups in total. The molecule has 0 radical (unpaired) electrons. The highest BCUT2D eigenvalue weighted by molar-refractivity contribution is 5.74. The molecule has 1 aromatic heterocycles. The summed E-state index contributed by atoms with van der Waals surface area (Å²) >= 11 is 0. The number of ether oxygens (including phenoxy) is 2. The Morgan fingerprint density at radius 2 is 1.96 bits per heavy atom. The second-order valence-corrected chi connectivity index (χ2v) is 4.74. The molecule has 0 saturated carbocycles. The Bertz CT molecular complexity index is 842. The minimum absolute atomic E-state index is 0.277. The third-order valence-corrected chi connectivity index (χ3v) is 3.13. The van der Waals surface area contributed by atoms with Gasteiger partial charge in [-0.15, -0.1) is 0 Å². The first-order valence-corrected chi connectivity index (χ1v) is 6.93. The number of methoxy groups -OCH3 is 1. The summed E-state index contributed by atoms with van der Waals surface area (Å²) in [6.07, 6.45) is 0. The Hall–Kier alpha value is -3.15. The molecule has 0 spiro atoms. The molecule has 0 aliphatic rings. The van der Waals surface area contributed by atoms with Crippen LogP contribution >= 0.6 is 0 Å². The smallest absolute Gasteiger partial charge is 0.308 e. The minimum atomic E-state index is -0.412. The number of hydrogen-bond donors (Lipinski definition) is 0. The summed E-state index contributed by atoms with van der Waals surface area (Å²) in [6, 6.07) is 14.3. The van der Waals surface area contributed by atoms with Crippen molar-refractivity contribution in [2.24, 2.45) is 0 Å². The summed E-state index contributed by atoms with van der Waals surface area (Å²) in [5.74, 6) is 1.37. The molecule has 116 valence electrons. The van der Waals surface area contributed by atoms with Gasteiger partial charge in [-0.3, -0.25) is 4.79 Å². The van der Waals surface area contributed by atoms with Gasteiger partial charge in [0.2, 0.25) is 5.82 Å². The van der Waals surface area contributed by atoms with Crippen molar-refractivity contribution < 1.29 is 18.8 Å². The van der Waals surface area contributed by atoms with E-state index in [0.717, 1.165) is 5.56 Å². The molecule has 0 amide bonds. The van der Waals surface area contributed by atoms with Crippen molar-refractivity contribution in [2.45, 2.75) is 6.92 Å². The molecular weight excluding hydrogens is 296 g/mol. The predicted molar refractivity (Wildman–Crippen MR) is 83.0 cm³/mol. The lowest BCUT2D eigenvalue weighted by atomic mass is 10.2. The molecule has 0 aliphatic carbocycles. The van der Waals surface area contributed by atoms with Gasteiger partial charge in [0, 0.05) is 12.5 Å². The van der Waals surface area contributed by atoms with Gasteiger partial charge in [0.1, 0.15) is 11.5 Å². The van der Waals surface area contributed by atoms with Crippen LogP contribution in [0, 0.1) is 0 Å². The topological polar surface area (TPSA) is 74.5 Å². The van der Waals surface area contributed by atoms with Crippen LogP contribution in [0.2, 0.25) is 0 Å². The van der Waals surface area contributed by atoms with Gasteiger partial charge in [0.15, 0.2) is 0 Å². The first kappa shape index (κ1) is 14.8. The van der Waals surface area contributed by atoms with Crippen LogP contribution in [0.25, 0.3) is 22.8 Å². The van der Waals surface area contributed by atoms with E-state index in [-0.39, 0.29) is 5.89 Å². The van der Waals surface area contributed by atoms with Gasteiger partial charge in [-0.2, -0.15) is 4.98 Å². The second kappa shape index (κ2) is 6.31. The van der Waals surface area contributed by atoms with Gasteiger partial charge in [-0.25, -0.2) is 0 Å². The van der Waals surface area contributed by atoms with E-state index in [9.17, 15) is 4.79 Å². The van der Waals surface area contributed by atoms with E-state index >= 15 is 0 Å². The lowest BCUT2D eigenvalue weighted by Crippen LogP contribution is -2.02. The van der Waals surface area contributed by atoms with Crippen LogP contribution in [-0.4, -0.2) is 23.2 Å². The van der Waals surface area contributed by atoms with Crippen molar-refractivity contribution in [1.29, 1.82) is 0 Å². The maximum atomic E-state index is 11.2. The monoisotopic (exact) mass is 310 g/mol. The zero-order chi connectivity index (χ0) is 16.2. The third kappa shape index (κ3) is 3.21. The van der Waals surface area contributed by atoms with Crippen molar-refractivity contribution in [3.63, 3.8) is 0 Å². The summed E-state index contributed by atoms with van der Waals surface area (Å²) in [5, 5.41) is 3.98. The van der Waals surface area contributed by atoms with E-state index in [0.29, 0.717) is 22.9 Å². The van der Waals surface area contributed by atoms with Crippen LogP contribution in [-0.2, 0) is 4.79 Å². The quantitative estimate of drug-likeness (QED) is 0.543. The highest BCUT2D eigenvalue weighted by Crippen LogP contribution is 2.30. The van der Waals surface area contributed by atoms with Crippen molar-refractivity contribution >= 4 is 5.97 Å². The van der Waals surface area contributed by atoms with Gasteiger partial charge < -0.3 is 14.0 Å². The van der Waals surface area contributed by atoms with Gasteiger partial charge in [0.25, 0.3) is 5.89 Å². The molecule has 6 nitrogen and oxygen atoms in total. The normalized spacial score (nSPS) is 10.3. The number of benzene rings is 2. The van der Waals surface area contributed by atoms with Gasteiger partial charge in [-0.1, -0.05) is 29.4 Å². The molecule has 3 aromatic rings. The molecule has 0 atom stereocenters. The van der Waals surface area contributed by atoms with E-state index in [4.69, 9.17) is 14.0 Å². The molecule has 2 aromatic carbocycles. The molecule has 23 heavy (non-hydrogen) atoms. The predicted octanol–water partition coefficient (Wildman–Crippen LogP) is 3.34. The summed E-state index contributed by atoms with van der Waals surface area (Å²) < 4.78 is 15.7. The van der Waals surface area contributed by atoms with Crippen LogP contribution in [0.5, 0.6) is 11.5 Å². The molecule has 0 saturated heterocycles. The number of esters is 1. The van der Waals surface area contributed by atoms with Crippen LogP contribution in [0.3, 0.4) is 0 Å². The fourth-order valence-corrected chi connectivity index (χ4v) is 2.10. The summed E-state index contributed by atoms with van der Waals surface area (Å²) in [7, 11) is 1.59. The number of carbonyl (C=O) groups is 1. The first-order valence-electron chi connectivity index (χ1n) is 6.93. The van der Waals surface area contributed by atoms with Crippen LogP contribution in [0.15, 0.2) is 53.1 Å². The van der Waals surface area contributed by atoms with Gasteiger partial charge in [-0.05, 0) is 24.3 Å². The maximum absolute atomic E-state index is 11.2. The van der Waals surface area contributed by atoms with Crippen molar-refractivity contribution in [2.75, 3.05) is 7.11 Å². The van der Waals surface area contributed by atoms with Crippen LogP contribution in [0.4, 0.5) is 0 Å². The first-order chi connectivity index (χ1) is 11.2. The molecule has 0 aliphatic heterocycles. The number of rotatable bonds is 4. The fourth-order valence-electron chi connectivity index (χ4n) is 2.10. The van der Waals surface area contributed by atoms with Crippen molar-refractivity contribution in [3.8, 4) is 34.3 Å². The molecule has 3 rings (SSSR count). The zero-order valence-corrected chi connectivity index (χ0v) is 12.6. The molecule has 0 unspecified atom stereocenters. The SMILES string of the molecule is COc1cccc(-c2noc(-c3ccccc3OC(C)=O)n2)c1. The number of aromatic nitrogens is 2.